The van der Waals surface area contributed by atoms with E-state index in [1.54, 1.807) is 18.3 Å². The van der Waals surface area contributed by atoms with Crippen molar-refractivity contribution in [3.8, 4) is 0 Å². The number of fused-ring (bicyclic) bond motifs is 3. The average Bonchev–Trinajstić information content (AvgIpc) is 3.62. The van der Waals surface area contributed by atoms with Gasteiger partial charge in [-0.2, -0.15) is 11.3 Å². The predicted octanol–water partition coefficient (Wildman–Crippen LogP) is 5.40. The third-order valence-corrected chi connectivity index (χ3v) is 10.6. The van der Waals surface area contributed by atoms with Crippen LogP contribution >= 0.6 is 11.3 Å². The number of nitrogens with zero attached hydrogens (tertiary/aromatic N) is 4. The second-order valence-corrected chi connectivity index (χ2v) is 13.2. The van der Waals surface area contributed by atoms with Crippen molar-refractivity contribution < 1.29 is 18.4 Å². The lowest BCUT2D eigenvalue weighted by Crippen LogP contribution is -2.45. The van der Waals surface area contributed by atoms with E-state index in [9.17, 15) is 18.4 Å². The smallest absolute Gasteiger partial charge is 0.248 e. The molecular formula is C30H41F2N5O2S. The zero-order chi connectivity index (χ0) is 28.0. The van der Waals surface area contributed by atoms with Crippen LogP contribution in [-0.4, -0.2) is 62.3 Å². The highest BCUT2D eigenvalue weighted by molar-refractivity contribution is 7.08. The highest BCUT2D eigenvalue weighted by atomic mass is 32.1. The number of aromatic nitrogens is 2. The maximum atomic E-state index is 13.6. The van der Waals surface area contributed by atoms with Crippen molar-refractivity contribution in [3.05, 3.63) is 39.6 Å². The van der Waals surface area contributed by atoms with E-state index >= 15 is 0 Å². The molecule has 2 amide bonds. The van der Waals surface area contributed by atoms with Gasteiger partial charge in [0.25, 0.3) is 0 Å². The van der Waals surface area contributed by atoms with Crippen LogP contribution in [0.15, 0.2) is 16.8 Å². The molecule has 40 heavy (non-hydrogen) atoms. The van der Waals surface area contributed by atoms with Gasteiger partial charge in [-0.25, -0.2) is 13.8 Å². The standard InChI is InChI=1S/C30H41F2N5O2S/c1-19-33-27-17-35(20(2)38)12-8-28(27)37(19)25-15-23-3-4-24(16-25)36(23)13-7-26(22-9-14-40-18-22)34-29(39)21-5-10-30(31,32)11-6-21/h9,14,18,21,23-26H,3-8,10-13,15-17H2,1-2H3,(H,34,39)/t23-,24+,25+,26-/m0/s1. The van der Waals surface area contributed by atoms with Gasteiger partial charge in [0.1, 0.15) is 5.82 Å². The van der Waals surface area contributed by atoms with Crippen LogP contribution in [0.1, 0.15) is 99.6 Å². The zero-order valence-corrected chi connectivity index (χ0v) is 24.4. The first-order valence-corrected chi connectivity index (χ1v) is 15.9. The molecule has 6 rings (SSSR count). The Labute approximate surface area is 239 Å². The van der Waals surface area contributed by atoms with Crippen LogP contribution in [0.25, 0.3) is 0 Å². The molecule has 10 heteroatoms. The molecule has 218 valence electrons. The Kier molecular flexibility index (Phi) is 7.76. The minimum Gasteiger partial charge on any atom is -0.349 e. The zero-order valence-electron chi connectivity index (χ0n) is 23.6. The molecule has 4 aliphatic rings. The number of nitrogens with one attached hydrogen (secondary N) is 1. The molecule has 2 aromatic heterocycles. The van der Waals surface area contributed by atoms with Crippen molar-refractivity contribution in [1.29, 1.82) is 0 Å². The molecule has 1 N–H and O–H groups in total. The molecule has 2 aromatic rings. The third kappa shape index (κ3) is 5.58. The van der Waals surface area contributed by atoms with Crippen molar-refractivity contribution in [2.24, 2.45) is 5.92 Å². The first-order chi connectivity index (χ1) is 19.2. The van der Waals surface area contributed by atoms with E-state index in [0.717, 1.165) is 55.9 Å². The lowest BCUT2D eigenvalue weighted by atomic mass is 9.86. The van der Waals surface area contributed by atoms with Crippen molar-refractivity contribution in [3.63, 3.8) is 0 Å². The van der Waals surface area contributed by atoms with Crippen molar-refractivity contribution in [2.75, 3.05) is 13.1 Å². The number of aryl methyl sites for hydroxylation is 1. The molecule has 3 fully saturated rings. The average molecular weight is 574 g/mol. The number of hydrogen-bond donors (Lipinski definition) is 1. The summed E-state index contributed by atoms with van der Waals surface area (Å²) in [6.07, 6.45) is 6.41. The summed E-state index contributed by atoms with van der Waals surface area (Å²) in [5, 5.41) is 7.38. The fourth-order valence-corrected chi connectivity index (χ4v) is 8.49. The van der Waals surface area contributed by atoms with Crippen LogP contribution in [0.5, 0.6) is 0 Å². The fraction of sp³-hybridized carbons (Fsp3) is 0.700. The number of halogens is 2. The molecule has 2 saturated heterocycles. The SMILES string of the molecule is CC(=O)N1CCc2c(nc(C)n2[C@H]2C[C@H]3CC[C@@H](C2)N3CC[C@H](NC(=O)C2CCC(F)(F)CC2)c2ccsc2)C1. The molecule has 0 unspecified atom stereocenters. The van der Waals surface area contributed by atoms with Gasteiger partial charge in [0.05, 0.1) is 18.3 Å². The molecule has 0 aromatic carbocycles. The van der Waals surface area contributed by atoms with E-state index in [1.165, 1.54) is 18.5 Å². The van der Waals surface area contributed by atoms with Crippen LogP contribution in [0, 0.1) is 12.8 Å². The second kappa shape index (κ2) is 11.2. The molecule has 3 aliphatic heterocycles. The first kappa shape index (κ1) is 27.8. The van der Waals surface area contributed by atoms with Crippen molar-refractivity contribution in [1.82, 2.24) is 24.7 Å². The van der Waals surface area contributed by atoms with Gasteiger partial charge in [-0.05, 0) is 74.3 Å². The Morgan fingerprint density at radius 1 is 1.15 bits per heavy atom. The van der Waals surface area contributed by atoms with E-state index in [-0.39, 0.29) is 49.5 Å². The Hall–Kier alpha value is -2.33. The second-order valence-electron chi connectivity index (χ2n) is 12.4. The van der Waals surface area contributed by atoms with Gasteiger partial charge in [-0.1, -0.05) is 0 Å². The number of alkyl halides is 2. The van der Waals surface area contributed by atoms with Crippen LogP contribution < -0.4 is 5.32 Å². The van der Waals surface area contributed by atoms with E-state index in [1.807, 2.05) is 10.3 Å². The summed E-state index contributed by atoms with van der Waals surface area (Å²) in [5.41, 5.74) is 3.49. The number of rotatable bonds is 7. The van der Waals surface area contributed by atoms with Crippen LogP contribution in [-0.2, 0) is 22.6 Å². The van der Waals surface area contributed by atoms with E-state index in [0.29, 0.717) is 24.7 Å². The number of hydrogen-bond acceptors (Lipinski definition) is 5. The third-order valence-electron chi connectivity index (χ3n) is 9.92. The maximum Gasteiger partial charge on any atom is 0.248 e. The molecule has 1 aliphatic carbocycles. The molecule has 4 atom stereocenters. The lowest BCUT2D eigenvalue weighted by Gasteiger charge is -2.41. The summed E-state index contributed by atoms with van der Waals surface area (Å²) < 4.78 is 29.8. The van der Waals surface area contributed by atoms with Crippen LogP contribution in [0.4, 0.5) is 8.78 Å². The number of carbonyl (C=O) groups is 2. The Morgan fingerprint density at radius 2 is 1.88 bits per heavy atom. The highest BCUT2D eigenvalue weighted by Crippen LogP contribution is 2.43. The Bertz CT molecular complexity index is 1210. The van der Waals surface area contributed by atoms with Gasteiger partial charge >= 0.3 is 0 Å². The quantitative estimate of drug-likeness (QED) is 0.482. The van der Waals surface area contributed by atoms with Crippen LogP contribution in [0.2, 0.25) is 0 Å². The number of imidazole rings is 1. The summed E-state index contributed by atoms with van der Waals surface area (Å²) in [4.78, 5) is 34.4. The van der Waals surface area contributed by atoms with E-state index < -0.39 is 5.92 Å². The Balaban J connectivity index is 1.10. The van der Waals surface area contributed by atoms with Gasteiger partial charge in [-0.15, -0.1) is 0 Å². The molecule has 1 saturated carbocycles. The summed E-state index contributed by atoms with van der Waals surface area (Å²) in [6.45, 7) is 6.03. The summed E-state index contributed by atoms with van der Waals surface area (Å²) in [5.74, 6) is -1.84. The molecular weight excluding hydrogens is 532 g/mol. The highest BCUT2D eigenvalue weighted by Gasteiger charge is 2.43. The largest absolute Gasteiger partial charge is 0.349 e. The number of thiophene rings is 1. The molecule has 0 spiro atoms. The van der Waals surface area contributed by atoms with Gasteiger partial charge in [0.15, 0.2) is 0 Å². The number of amides is 2. The van der Waals surface area contributed by atoms with Gasteiger partial charge in [0, 0.05) is 69.0 Å². The van der Waals surface area contributed by atoms with Gasteiger partial charge in [-0.3, -0.25) is 14.5 Å². The normalized spacial score (nSPS) is 27.4. The lowest BCUT2D eigenvalue weighted by molar-refractivity contribution is -0.130. The number of carbonyl (C=O) groups excluding carboxylic acids is 2. The van der Waals surface area contributed by atoms with E-state index in [2.05, 4.69) is 33.2 Å². The molecule has 5 heterocycles. The number of piperidine rings is 1. The fourth-order valence-electron chi connectivity index (χ4n) is 7.78. The minimum atomic E-state index is -2.63. The van der Waals surface area contributed by atoms with Crippen molar-refractivity contribution >= 4 is 23.2 Å². The predicted molar refractivity (Wildman–Crippen MR) is 150 cm³/mol. The first-order valence-electron chi connectivity index (χ1n) is 15.0. The summed E-state index contributed by atoms with van der Waals surface area (Å²) in [7, 11) is 0. The summed E-state index contributed by atoms with van der Waals surface area (Å²) in [6, 6.07) is 3.44. The van der Waals surface area contributed by atoms with E-state index in [4.69, 9.17) is 4.98 Å². The minimum absolute atomic E-state index is 0.0722. The molecule has 2 bridgehead atoms. The van der Waals surface area contributed by atoms with Gasteiger partial charge < -0.3 is 14.8 Å². The summed E-state index contributed by atoms with van der Waals surface area (Å²) >= 11 is 1.62. The van der Waals surface area contributed by atoms with Crippen LogP contribution in [0.3, 0.4) is 0 Å². The van der Waals surface area contributed by atoms with Gasteiger partial charge in [0.2, 0.25) is 17.7 Å². The maximum absolute atomic E-state index is 13.6. The molecule has 0 radical (unpaired) electrons. The van der Waals surface area contributed by atoms with Crippen molar-refractivity contribution in [2.45, 2.75) is 115 Å². The monoisotopic (exact) mass is 573 g/mol. The molecule has 7 nitrogen and oxygen atoms in total. The topological polar surface area (TPSA) is 70.5 Å². The Morgan fingerprint density at radius 3 is 2.52 bits per heavy atom.